The Morgan fingerprint density at radius 3 is 2.59 bits per heavy atom. The molecule has 0 radical (unpaired) electrons. The highest BCUT2D eigenvalue weighted by molar-refractivity contribution is 5.97. The zero-order chi connectivity index (χ0) is 14.8. The number of amides is 2. The van der Waals surface area contributed by atoms with E-state index in [-0.39, 0.29) is 24.2 Å². The number of nitrogens with one attached hydrogen (secondary N) is 2. The van der Waals surface area contributed by atoms with Crippen molar-refractivity contribution in [1.82, 2.24) is 10.2 Å². The van der Waals surface area contributed by atoms with Crippen molar-refractivity contribution in [2.45, 2.75) is 13.3 Å². The van der Waals surface area contributed by atoms with Gasteiger partial charge in [-0.25, -0.2) is 0 Å². The largest absolute Gasteiger partial charge is 0.338 e. The highest BCUT2D eigenvalue weighted by Crippen LogP contribution is 2.27. The molecule has 1 aromatic carbocycles. The fraction of sp³-hybridized carbons (Fsp3) is 0.500. The maximum Gasteiger partial charge on any atom is 0.253 e. The van der Waals surface area contributed by atoms with E-state index in [1.807, 2.05) is 23.1 Å². The maximum atomic E-state index is 12.6. The van der Waals surface area contributed by atoms with Crippen molar-refractivity contribution < 1.29 is 9.59 Å². The highest BCUT2D eigenvalue weighted by Gasteiger charge is 2.38. The molecule has 0 spiro atoms. The number of carbonyl (C=O) groups is 2. The van der Waals surface area contributed by atoms with Crippen molar-refractivity contribution in [3.05, 3.63) is 29.8 Å². The van der Waals surface area contributed by atoms with Gasteiger partial charge in [0.2, 0.25) is 5.91 Å². The summed E-state index contributed by atoms with van der Waals surface area (Å²) in [5.41, 5.74) is 1.34. The van der Waals surface area contributed by atoms with Gasteiger partial charge >= 0.3 is 0 Å². The average Bonchev–Trinajstić information content (AvgIpc) is 3.08. The van der Waals surface area contributed by atoms with Crippen LogP contribution in [0.4, 0.5) is 5.69 Å². The standard InChI is InChI=1S/C16H21N3O2.ClH/c1-2-15(20)18-14-5-3-4-11(6-14)16(21)19-9-12-7-17-8-13(12)10-19;/h3-6,12-13,17H,2,7-10H2,1H3,(H,18,20);1H/t12-,13+;. The number of benzene rings is 1. The number of carbonyl (C=O) groups excluding carboxylic acids is 2. The Hall–Kier alpha value is -1.59. The molecular formula is C16H22ClN3O2. The molecule has 2 aliphatic heterocycles. The fourth-order valence-corrected chi connectivity index (χ4v) is 3.18. The number of fused-ring (bicyclic) bond motifs is 1. The van der Waals surface area contributed by atoms with Gasteiger partial charge in [0, 0.05) is 43.9 Å². The summed E-state index contributed by atoms with van der Waals surface area (Å²) in [4.78, 5) is 26.0. The number of hydrogen-bond acceptors (Lipinski definition) is 3. The van der Waals surface area contributed by atoms with Gasteiger partial charge < -0.3 is 15.5 Å². The van der Waals surface area contributed by atoms with Crippen LogP contribution in [0.1, 0.15) is 23.7 Å². The zero-order valence-corrected chi connectivity index (χ0v) is 13.5. The number of rotatable bonds is 3. The molecule has 2 saturated heterocycles. The van der Waals surface area contributed by atoms with Crippen LogP contribution in [0.25, 0.3) is 0 Å². The lowest BCUT2D eigenvalue weighted by molar-refractivity contribution is -0.115. The minimum atomic E-state index is -0.0404. The van der Waals surface area contributed by atoms with E-state index in [0.717, 1.165) is 26.2 Å². The van der Waals surface area contributed by atoms with E-state index in [1.165, 1.54) is 0 Å². The van der Waals surface area contributed by atoms with Gasteiger partial charge in [-0.05, 0) is 30.0 Å². The lowest BCUT2D eigenvalue weighted by Crippen LogP contribution is -2.31. The van der Waals surface area contributed by atoms with Crippen LogP contribution < -0.4 is 10.6 Å². The van der Waals surface area contributed by atoms with Gasteiger partial charge in [-0.15, -0.1) is 12.4 Å². The predicted octanol–water partition coefficient (Wildman–Crippen LogP) is 1.75. The van der Waals surface area contributed by atoms with E-state index in [1.54, 1.807) is 13.0 Å². The van der Waals surface area contributed by atoms with Crippen LogP contribution in [0.5, 0.6) is 0 Å². The van der Waals surface area contributed by atoms with Gasteiger partial charge in [0.05, 0.1) is 0 Å². The summed E-state index contributed by atoms with van der Waals surface area (Å²) in [6, 6.07) is 7.21. The Bertz CT molecular complexity index is 552. The molecule has 22 heavy (non-hydrogen) atoms. The van der Waals surface area contributed by atoms with Gasteiger partial charge in [-0.3, -0.25) is 9.59 Å². The van der Waals surface area contributed by atoms with E-state index in [9.17, 15) is 9.59 Å². The van der Waals surface area contributed by atoms with Gasteiger partial charge in [0.1, 0.15) is 0 Å². The molecule has 2 heterocycles. The molecule has 0 bridgehead atoms. The lowest BCUT2D eigenvalue weighted by Gasteiger charge is -2.18. The molecule has 0 unspecified atom stereocenters. The van der Waals surface area contributed by atoms with Crippen molar-refractivity contribution in [2.24, 2.45) is 11.8 Å². The minimum Gasteiger partial charge on any atom is -0.338 e. The summed E-state index contributed by atoms with van der Waals surface area (Å²) >= 11 is 0. The van der Waals surface area contributed by atoms with E-state index in [2.05, 4.69) is 10.6 Å². The highest BCUT2D eigenvalue weighted by atomic mass is 35.5. The molecule has 3 rings (SSSR count). The van der Waals surface area contributed by atoms with E-state index in [0.29, 0.717) is 29.5 Å². The molecule has 0 aromatic heterocycles. The molecule has 2 N–H and O–H groups in total. The third-order valence-corrected chi connectivity index (χ3v) is 4.39. The molecular weight excluding hydrogens is 302 g/mol. The van der Waals surface area contributed by atoms with Crippen molar-refractivity contribution in [1.29, 1.82) is 0 Å². The average molecular weight is 324 g/mol. The fourth-order valence-electron chi connectivity index (χ4n) is 3.18. The molecule has 6 heteroatoms. The Morgan fingerprint density at radius 2 is 1.95 bits per heavy atom. The Labute approximate surface area is 136 Å². The molecule has 2 amide bonds. The van der Waals surface area contributed by atoms with Gasteiger partial charge in [-0.1, -0.05) is 13.0 Å². The number of hydrogen-bond donors (Lipinski definition) is 2. The molecule has 2 atom stereocenters. The Morgan fingerprint density at radius 1 is 1.27 bits per heavy atom. The van der Waals surface area contributed by atoms with Crippen LogP contribution >= 0.6 is 12.4 Å². The third-order valence-electron chi connectivity index (χ3n) is 4.39. The predicted molar refractivity (Wildman–Crippen MR) is 88.4 cm³/mol. The monoisotopic (exact) mass is 323 g/mol. The van der Waals surface area contributed by atoms with Crippen molar-refractivity contribution in [3.63, 3.8) is 0 Å². The zero-order valence-electron chi connectivity index (χ0n) is 12.7. The number of halogens is 1. The molecule has 120 valence electrons. The molecule has 2 aliphatic rings. The first kappa shape index (κ1) is 16.8. The van der Waals surface area contributed by atoms with Crippen molar-refractivity contribution >= 4 is 29.9 Å². The van der Waals surface area contributed by atoms with Crippen LogP contribution in [-0.4, -0.2) is 42.9 Å². The summed E-state index contributed by atoms with van der Waals surface area (Å²) in [5, 5.41) is 6.17. The maximum absolute atomic E-state index is 12.6. The van der Waals surface area contributed by atoms with Crippen LogP contribution in [0, 0.1) is 11.8 Å². The summed E-state index contributed by atoms with van der Waals surface area (Å²) in [6.45, 7) is 5.51. The summed E-state index contributed by atoms with van der Waals surface area (Å²) in [7, 11) is 0. The first-order valence-electron chi connectivity index (χ1n) is 7.57. The van der Waals surface area contributed by atoms with Gasteiger partial charge in [-0.2, -0.15) is 0 Å². The van der Waals surface area contributed by atoms with Crippen LogP contribution in [0.3, 0.4) is 0 Å². The topological polar surface area (TPSA) is 61.4 Å². The summed E-state index contributed by atoms with van der Waals surface area (Å²) < 4.78 is 0. The Balaban J connectivity index is 0.00000176. The van der Waals surface area contributed by atoms with E-state index in [4.69, 9.17) is 0 Å². The van der Waals surface area contributed by atoms with E-state index >= 15 is 0 Å². The third kappa shape index (κ3) is 3.42. The van der Waals surface area contributed by atoms with Gasteiger partial charge in [0.25, 0.3) is 5.91 Å². The second-order valence-electron chi connectivity index (χ2n) is 5.87. The van der Waals surface area contributed by atoms with Crippen molar-refractivity contribution in [2.75, 3.05) is 31.5 Å². The lowest BCUT2D eigenvalue weighted by atomic mass is 10.0. The summed E-state index contributed by atoms with van der Waals surface area (Å²) in [6.07, 6.45) is 0.431. The second-order valence-corrected chi connectivity index (χ2v) is 5.87. The smallest absolute Gasteiger partial charge is 0.253 e. The molecule has 0 aliphatic carbocycles. The molecule has 1 aromatic rings. The minimum absolute atomic E-state index is 0. The molecule has 2 fully saturated rings. The van der Waals surface area contributed by atoms with Crippen molar-refractivity contribution in [3.8, 4) is 0 Å². The van der Waals surface area contributed by atoms with Crippen LogP contribution in [0.15, 0.2) is 24.3 Å². The quantitative estimate of drug-likeness (QED) is 0.891. The molecule has 5 nitrogen and oxygen atoms in total. The Kier molecular flexibility index (Phi) is 5.42. The molecule has 0 saturated carbocycles. The number of anilines is 1. The number of likely N-dealkylation sites (tertiary alicyclic amines) is 1. The van der Waals surface area contributed by atoms with Crippen LogP contribution in [-0.2, 0) is 4.79 Å². The SMILES string of the molecule is CCC(=O)Nc1cccc(C(=O)N2C[C@H]3CNC[C@H]3C2)c1.Cl. The first-order valence-corrected chi connectivity index (χ1v) is 7.57. The first-order chi connectivity index (χ1) is 10.2. The van der Waals surface area contributed by atoms with E-state index < -0.39 is 0 Å². The van der Waals surface area contributed by atoms with Gasteiger partial charge in [0.15, 0.2) is 0 Å². The normalized spacial score (nSPS) is 22.9. The number of nitrogens with zero attached hydrogens (tertiary/aromatic N) is 1. The summed E-state index contributed by atoms with van der Waals surface area (Å²) in [5.74, 6) is 1.22. The van der Waals surface area contributed by atoms with Crippen LogP contribution in [0.2, 0.25) is 0 Å². The second kappa shape index (κ2) is 7.11.